The summed E-state index contributed by atoms with van der Waals surface area (Å²) in [7, 11) is 1.42. The van der Waals surface area contributed by atoms with Gasteiger partial charge >= 0.3 is 5.97 Å². The van der Waals surface area contributed by atoms with Crippen LogP contribution in [0.4, 0.5) is 0 Å². The van der Waals surface area contributed by atoms with Crippen LogP contribution >= 0.6 is 11.9 Å². The number of hydrogen-bond donors (Lipinski definition) is 1. The zero-order valence-corrected chi connectivity index (χ0v) is 13.0. The van der Waals surface area contributed by atoms with Crippen molar-refractivity contribution >= 4 is 17.9 Å². The van der Waals surface area contributed by atoms with Crippen LogP contribution in [-0.2, 0) is 16.0 Å². The minimum absolute atomic E-state index is 0.251. The summed E-state index contributed by atoms with van der Waals surface area (Å²) in [4.78, 5) is 13.0. The number of carbonyl (C=O) groups excluding carboxylic acids is 1. The van der Waals surface area contributed by atoms with Crippen molar-refractivity contribution in [2.75, 3.05) is 7.11 Å². The predicted molar refractivity (Wildman–Crippen MR) is 86.1 cm³/mol. The van der Waals surface area contributed by atoms with Gasteiger partial charge in [-0.2, -0.15) is 0 Å². The largest absolute Gasteiger partial charge is 0.468 e. The van der Waals surface area contributed by atoms with Gasteiger partial charge in [-0.1, -0.05) is 48.0 Å². The molecule has 1 atom stereocenters. The first kappa shape index (κ1) is 15.6. The Morgan fingerprint density at radius 1 is 1.14 bits per heavy atom. The van der Waals surface area contributed by atoms with Crippen LogP contribution in [0.15, 0.2) is 59.5 Å². The fourth-order valence-electron chi connectivity index (χ4n) is 1.91. The van der Waals surface area contributed by atoms with Crippen LogP contribution in [0.25, 0.3) is 0 Å². The first-order chi connectivity index (χ1) is 10.2. The molecule has 0 aliphatic rings. The molecule has 2 rings (SSSR count). The van der Waals surface area contributed by atoms with Crippen LogP contribution in [0.2, 0.25) is 0 Å². The Morgan fingerprint density at radius 3 is 2.43 bits per heavy atom. The van der Waals surface area contributed by atoms with E-state index in [1.807, 2.05) is 54.6 Å². The summed E-state index contributed by atoms with van der Waals surface area (Å²) in [5.74, 6) is -0.251. The molecule has 21 heavy (non-hydrogen) atoms. The van der Waals surface area contributed by atoms with E-state index in [0.29, 0.717) is 6.42 Å². The van der Waals surface area contributed by atoms with Crippen LogP contribution in [0.1, 0.15) is 11.1 Å². The molecular weight excluding hydrogens is 282 g/mol. The molecule has 0 saturated heterocycles. The minimum Gasteiger partial charge on any atom is -0.468 e. The second-order valence-electron chi connectivity index (χ2n) is 4.80. The summed E-state index contributed by atoms with van der Waals surface area (Å²) in [6.45, 7) is 2.05. The molecule has 0 aliphatic heterocycles. The van der Waals surface area contributed by atoms with E-state index in [-0.39, 0.29) is 12.0 Å². The molecule has 4 heteroatoms. The Labute approximate surface area is 129 Å². The molecule has 3 nitrogen and oxygen atoms in total. The van der Waals surface area contributed by atoms with Crippen molar-refractivity contribution in [3.63, 3.8) is 0 Å². The average molecular weight is 301 g/mol. The lowest BCUT2D eigenvalue weighted by Gasteiger charge is -2.16. The van der Waals surface area contributed by atoms with E-state index < -0.39 is 0 Å². The molecule has 2 aromatic carbocycles. The Kier molecular flexibility index (Phi) is 5.84. The van der Waals surface area contributed by atoms with Gasteiger partial charge in [0.1, 0.15) is 6.04 Å². The van der Waals surface area contributed by atoms with Gasteiger partial charge in [0.2, 0.25) is 0 Å². The lowest BCUT2D eigenvalue weighted by atomic mass is 10.1. The summed E-state index contributed by atoms with van der Waals surface area (Å²) in [6.07, 6.45) is 0.604. The van der Waals surface area contributed by atoms with Crippen LogP contribution in [0.3, 0.4) is 0 Å². The summed E-state index contributed by atoms with van der Waals surface area (Å²) >= 11 is 1.45. The summed E-state index contributed by atoms with van der Waals surface area (Å²) in [6, 6.07) is 17.7. The summed E-state index contributed by atoms with van der Waals surface area (Å²) in [5, 5.41) is 0. The number of ether oxygens (including phenoxy) is 1. The van der Waals surface area contributed by atoms with Crippen LogP contribution in [-0.4, -0.2) is 19.1 Å². The smallest absolute Gasteiger partial charge is 0.324 e. The zero-order valence-electron chi connectivity index (χ0n) is 12.2. The maximum absolute atomic E-state index is 11.9. The van der Waals surface area contributed by atoms with Crippen molar-refractivity contribution in [3.8, 4) is 0 Å². The van der Waals surface area contributed by atoms with Gasteiger partial charge in [-0.25, -0.2) is 4.72 Å². The third-order valence-electron chi connectivity index (χ3n) is 3.11. The third kappa shape index (κ3) is 4.92. The monoisotopic (exact) mass is 301 g/mol. The van der Waals surface area contributed by atoms with E-state index in [2.05, 4.69) is 11.6 Å². The number of hydrogen-bond acceptors (Lipinski definition) is 4. The number of methoxy groups -OCH3 is 1. The van der Waals surface area contributed by atoms with Crippen molar-refractivity contribution in [2.24, 2.45) is 0 Å². The van der Waals surface area contributed by atoms with Crippen molar-refractivity contribution in [1.82, 2.24) is 4.72 Å². The van der Waals surface area contributed by atoms with Crippen molar-refractivity contribution in [2.45, 2.75) is 24.3 Å². The van der Waals surface area contributed by atoms with Gasteiger partial charge in [-0.05, 0) is 43.0 Å². The molecule has 0 saturated carbocycles. The van der Waals surface area contributed by atoms with E-state index >= 15 is 0 Å². The van der Waals surface area contributed by atoms with Gasteiger partial charge in [-0.3, -0.25) is 4.79 Å². The van der Waals surface area contributed by atoms with Gasteiger partial charge in [0.05, 0.1) is 7.11 Å². The standard InChI is InChI=1S/C17H19NO2S/c1-13-8-10-15(11-9-13)21-18-16(17(19)20-2)12-14-6-4-3-5-7-14/h3-11,16,18H,12H2,1-2H3/t16-/m0/s1. The highest BCUT2D eigenvalue weighted by Crippen LogP contribution is 2.17. The molecule has 0 spiro atoms. The third-order valence-corrected chi connectivity index (χ3v) is 4.02. The fourth-order valence-corrected chi connectivity index (χ4v) is 2.64. The number of rotatable bonds is 6. The lowest BCUT2D eigenvalue weighted by molar-refractivity contribution is -0.142. The normalized spacial score (nSPS) is 11.9. The topological polar surface area (TPSA) is 38.3 Å². The molecule has 110 valence electrons. The first-order valence-corrected chi connectivity index (χ1v) is 7.61. The minimum atomic E-state index is -0.372. The van der Waals surface area contributed by atoms with Gasteiger partial charge in [0.25, 0.3) is 0 Å². The average Bonchev–Trinajstić information content (AvgIpc) is 2.53. The molecule has 1 N–H and O–H groups in total. The van der Waals surface area contributed by atoms with E-state index in [0.717, 1.165) is 10.5 Å². The maximum Gasteiger partial charge on any atom is 0.324 e. The second kappa shape index (κ2) is 7.86. The Hall–Kier alpha value is -1.78. The van der Waals surface area contributed by atoms with Crippen molar-refractivity contribution in [3.05, 3.63) is 65.7 Å². The molecule has 0 aliphatic carbocycles. The number of nitrogens with one attached hydrogen (secondary N) is 1. The van der Waals surface area contributed by atoms with Gasteiger partial charge in [0, 0.05) is 4.90 Å². The molecule has 0 amide bonds. The molecule has 0 aromatic heterocycles. The molecule has 0 bridgehead atoms. The second-order valence-corrected chi connectivity index (χ2v) is 5.71. The van der Waals surface area contributed by atoms with E-state index in [1.54, 1.807) is 0 Å². The fraction of sp³-hybridized carbons (Fsp3) is 0.235. The van der Waals surface area contributed by atoms with Crippen molar-refractivity contribution in [1.29, 1.82) is 0 Å². The van der Waals surface area contributed by atoms with Gasteiger partial charge in [0.15, 0.2) is 0 Å². The molecule has 2 aromatic rings. The number of carbonyl (C=O) groups is 1. The SMILES string of the molecule is COC(=O)[C@H](Cc1ccccc1)NSc1ccc(C)cc1. The van der Waals surface area contributed by atoms with E-state index in [9.17, 15) is 4.79 Å². The number of benzene rings is 2. The number of aryl methyl sites for hydroxylation is 1. The molecule has 0 unspecified atom stereocenters. The van der Waals surface area contributed by atoms with Crippen molar-refractivity contribution < 1.29 is 9.53 Å². The van der Waals surface area contributed by atoms with Gasteiger partial charge < -0.3 is 4.74 Å². The van der Waals surface area contributed by atoms with E-state index in [4.69, 9.17) is 4.74 Å². The predicted octanol–water partition coefficient (Wildman–Crippen LogP) is 3.38. The molecule has 0 radical (unpaired) electrons. The number of esters is 1. The Bertz CT molecular complexity index is 569. The molecule has 0 fully saturated rings. The van der Waals surface area contributed by atoms with Gasteiger partial charge in [-0.15, -0.1) is 0 Å². The van der Waals surface area contributed by atoms with E-state index in [1.165, 1.54) is 24.6 Å². The van der Waals surface area contributed by atoms with Crippen LogP contribution in [0, 0.1) is 6.92 Å². The highest BCUT2D eigenvalue weighted by molar-refractivity contribution is 7.97. The Balaban J connectivity index is 1.99. The summed E-state index contributed by atoms with van der Waals surface area (Å²) in [5.41, 5.74) is 2.32. The van der Waals surface area contributed by atoms with Crippen LogP contribution < -0.4 is 4.72 Å². The zero-order chi connectivity index (χ0) is 15.1. The summed E-state index contributed by atoms with van der Waals surface area (Å²) < 4.78 is 8.07. The Morgan fingerprint density at radius 2 is 1.81 bits per heavy atom. The maximum atomic E-state index is 11.9. The highest BCUT2D eigenvalue weighted by Gasteiger charge is 2.19. The van der Waals surface area contributed by atoms with Crippen LogP contribution in [0.5, 0.6) is 0 Å². The molecule has 0 heterocycles. The first-order valence-electron chi connectivity index (χ1n) is 6.80. The highest BCUT2D eigenvalue weighted by atomic mass is 32.2. The molecular formula is C17H19NO2S. The quantitative estimate of drug-likeness (QED) is 0.656. The lowest BCUT2D eigenvalue weighted by Crippen LogP contribution is -2.35.